The maximum absolute atomic E-state index is 12.8. The lowest BCUT2D eigenvalue weighted by molar-refractivity contribution is -0.292. The fourth-order valence-electron chi connectivity index (χ4n) is 1.96. The van der Waals surface area contributed by atoms with E-state index in [1.807, 2.05) is 0 Å². The zero-order valence-electron chi connectivity index (χ0n) is 10.5. The van der Waals surface area contributed by atoms with Gasteiger partial charge < -0.3 is 5.32 Å². The summed E-state index contributed by atoms with van der Waals surface area (Å²) in [6.07, 6.45) is -10.7. The Morgan fingerprint density at radius 2 is 1.70 bits per heavy atom. The lowest BCUT2D eigenvalue weighted by Crippen LogP contribution is -2.45. The number of hydrogen-bond acceptors (Lipinski definition) is 2. The van der Waals surface area contributed by atoms with Crippen molar-refractivity contribution in [1.82, 2.24) is 5.32 Å². The summed E-state index contributed by atoms with van der Waals surface area (Å²) in [4.78, 5) is 0.418. The van der Waals surface area contributed by atoms with Gasteiger partial charge >= 0.3 is 12.4 Å². The third-order valence-corrected chi connectivity index (χ3v) is 4.29. The number of thiophene rings is 1. The minimum atomic E-state index is -5.37. The highest BCUT2D eigenvalue weighted by Crippen LogP contribution is 2.48. The van der Waals surface area contributed by atoms with Gasteiger partial charge in [0.15, 0.2) is 5.92 Å². The molecule has 0 saturated carbocycles. The van der Waals surface area contributed by atoms with E-state index in [1.54, 1.807) is 0 Å². The van der Waals surface area contributed by atoms with Crippen LogP contribution in [0.15, 0.2) is 9.85 Å². The van der Waals surface area contributed by atoms with Crippen molar-refractivity contribution < 1.29 is 26.3 Å². The first-order chi connectivity index (χ1) is 8.98. The molecule has 1 aromatic rings. The summed E-state index contributed by atoms with van der Waals surface area (Å²) in [6.45, 7) is 2.96. The quantitative estimate of drug-likeness (QED) is 0.703. The van der Waals surface area contributed by atoms with E-state index in [4.69, 9.17) is 0 Å². The molecule has 1 aromatic heterocycles. The summed E-state index contributed by atoms with van der Waals surface area (Å²) in [5.41, 5.74) is 0.0170. The summed E-state index contributed by atoms with van der Waals surface area (Å²) in [6, 6.07) is -0.541. The van der Waals surface area contributed by atoms with Crippen LogP contribution in [0.25, 0.3) is 0 Å². The Balaban J connectivity index is 3.32. The average molecular weight is 384 g/mol. The van der Waals surface area contributed by atoms with Gasteiger partial charge in [-0.05, 0) is 41.0 Å². The Morgan fingerprint density at radius 3 is 2.00 bits per heavy atom. The number of aryl methyl sites for hydroxylation is 1. The molecule has 1 unspecified atom stereocenters. The van der Waals surface area contributed by atoms with Gasteiger partial charge in [-0.15, -0.1) is 11.3 Å². The molecule has 0 aliphatic rings. The predicted octanol–water partition coefficient (Wildman–Crippen LogP) is 5.21. The second-order valence-corrected chi connectivity index (χ2v) is 6.79. The molecular weight excluding hydrogens is 372 g/mol. The topological polar surface area (TPSA) is 12.0 Å². The largest absolute Gasteiger partial charge is 0.402 e. The SMILES string of the molecule is CCNC(c1cc(Br)sc1C)C(C(F)(F)F)C(F)(F)F. The average Bonchev–Trinajstić information content (AvgIpc) is 2.52. The van der Waals surface area contributed by atoms with Crippen LogP contribution < -0.4 is 5.32 Å². The van der Waals surface area contributed by atoms with E-state index in [2.05, 4.69) is 21.2 Å². The van der Waals surface area contributed by atoms with Gasteiger partial charge in [-0.3, -0.25) is 0 Å². The zero-order valence-corrected chi connectivity index (χ0v) is 12.9. The molecule has 9 heteroatoms. The van der Waals surface area contributed by atoms with Gasteiger partial charge in [0.1, 0.15) is 0 Å². The minimum absolute atomic E-state index is 0.000231. The molecule has 0 amide bonds. The lowest BCUT2D eigenvalue weighted by Gasteiger charge is -2.31. The number of nitrogens with one attached hydrogen (secondary N) is 1. The predicted molar refractivity (Wildman–Crippen MR) is 68.8 cm³/mol. The van der Waals surface area contributed by atoms with Crippen molar-refractivity contribution in [1.29, 1.82) is 0 Å². The highest BCUT2D eigenvalue weighted by molar-refractivity contribution is 9.11. The molecule has 0 radical (unpaired) electrons. The lowest BCUT2D eigenvalue weighted by atomic mass is 9.92. The second kappa shape index (κ2) is 6.23. The molecule has 1 atom stereocenters. The Hall–Kier alpha value is -0.280. The molecule has 1 N–H and O–H groups in total. The highest BCUT2D eigenvalue weighted by Gasteiger charge is 2.60. The molecule has 0 bridgehead atoms. The van der Waals surface area contributed by atoms with Crippen LogP contribution in [-0.4, -0.2) is 18.9 Å². The Morgan fingerprint density at radius 1 is 1.20 bits per heavy atom. The molecule has 0 saturated heterocycles. The third kappa shape index (κ3) is 4.11. The maximum atomic E-state index is 12.8. The van der Waals surface area contributed by atoms with E-state index < -0.39 is 24.3 Å². The number of alkyl halides is 6. The van der Waals surface area contributed by atoms with E-state index in [0.29, 0.717) is 8.66 Å². The van der Waals surface area contributed by atoms with Crippen molar-refractivity contribution in [3.63, 3.8) is 0 Å². The van der Waals surface area contributed by atoms with Crippen LogP contribution >= 0.6 is 27.3 Å². The van der Waals surface area contributed by atoms with Gasteiger partial charge in [0.25, 0.3) is 0 Å². The molecule has 1 rings (SSSR count). The van der Waals surface area contributed by atoms with Gasteiger partial charge in [0, 0.05) is 4.88 Å². The maximum Gasteiger partial charge on any atom is 0.402 e. The van der Waals surface area contributed by atoms with Gasteiger partial charge in [-0.1, -0.05) is 6.92 Å². The molecule has 1 nitrogen and oxygen atoms in total. The first-order valence-electron chi connectivity index (χ1n) is 5.61. The standard InChI is InChI=1S/C11H12BrF6NS/c1-3-19-8(6-4-7(12)20-5(6)2)9(10(13,14)15)11(16,17)18/h4,8-9,19H,3H2,1-2H3. The fraction of sp³-hybridized carbons (Fsp3) is 0.636. The normalized spacial score (nSPS) is 14.9. The zero-order chi connectivity index (χ0) is 15.7. The molecule has 0 fully saturated rings. The van der Waals surface area contributed by atoms with E-state index in [0.717, 1.165) is 11.3 Å². The van der Waals surface area contributed by atoms with Gasteiger partial charge in [-0.25, -0.2) is 0 Å². The minimum Gasteiger partial charge on any atom is -0.309 e. The van der Waals surface area contributed by atoms with Gasteiger partial charge in [-0.2, -0.15) is 26.3 Å². The number of halogens is 7. The van der Waals surface area contributed by atoms with Crippen LogP contribution in [0.4, 0.5) is 26.3 Å². The van der Waals surface area contributed by atoms with E-state index in [-0.39, 0.29) is 12.1 Å². The molecule has 0 spiro atoms. The smallest absolute Gasteiger partial charge is 0.309 e. The summed E-state index contributed by atoms with van der Waals surface area (Å²) < 4.78 is 77.6. The summed E-state index contributed by atoms with van der Waals surface area (Å²) >= 11 is 4.18. The Kier molecular flexibility index (Phi) is 5.53. The van der Waals surface area contributed by atoms with Crippen LogP contribution in [-0.2, 0) is 0 Å². The summed E-state index contributed by atoms with van der Waals surface area (Å²) in [5, 5.41) is 2.31. The Bertz CT molecular complexity index is 439. The van der Waals surface area contributed by atoms with Crippen molar-refractivity contribution in [3.05, 3.63) is 20.3 Å². The first kappa shape index (κ1) is 17.8. The van der Waals surface area contributed by atoms with Crippen LogP contribution in [0.1, 0.15) is 23.4 Å². The van der Waals surface area contributed by atoms with E-state index in [1.165, 1.54) is 19.9 Å². The van der Waals surface area contributed by atoms with Crippen molar-refractivity contribution in [2.24, 2.45) is 5.92 Å². The highest BCUT2D eigenvalue weighted by atomic mass is 79.9. The van der Waals surface area contributed by atoms with Crippen molar-refractivity contribution in [3.8, 4) is 0 Å². The second-order valence-electron chi connectivity index (χ2n) is 4.16. The van der Waals surface area contributed by atoms with Crippen LogP contribution in [0, 0.1) is 12.8 Å². The van der Waals surface area contributed by atoms with Crippen LogP contribution in [0.2, 0.25) is 0 Å². The molecule has 0 aliphatic carbocycles. The van der Waals surface area contributed by atoms with Crippen molar-refractivity contribution >= 4 is 27.3 Å². The van der Waals surface area contributed by atoms with E-state index in [9.17, 15) is 26.3 Å². The monoisotopic (exact) mass is 383 g/mol. The molecule has 0 aromatic carbocycles. The molecule has 1 heterocycles. The summed E-state index contributed by atoms with van der Waals surface area (Å²) in [7, 11) is 0. The third-order valence-electron chi connectivity index (χ3n) is 2.72. The van der Waals surface area contributed by atoms with Crippen LogP contribution in [0.3, 0.4) is 0 Å². The molecular formula is C11H12BrF6NS. The van der Waals surface area contributed by atoms with Crippen molar-refractivity contribution in [2.45, 2.75) is 32.2 Å². The van der Waals surface area contributed by atoms with Gasteiger partial charge in [0.05, 0.1) is 9.83 Å². The van der Waals surface area contributed by atoms with E-state index >= 15 is 0 Å². The first-order valence-corrected chi connectivity index (χ1v) is 7.22. The molecule has 116 valence electrons. The number of hydrogen-bond donors (Lipinski definition) is 1. The summed E-state index contributed by atoms with van der Waals surface area (Å²) in [5.74, 6) is -3.44. The van der Waals surface area contributed by atoms with Crippen molar-refractivity contribution in [2.75, 3.05) is 6.54 Å². The van der Waals surface area contributed by atoms with Crippen LogP contribution in [0.5, 0.6) is 0 Å². The fourth-order valence-corrected chi connectivity index (χ4v) is 3.72. The Labute approximate surface area is 124 Å². The molecule has 0 aliphatic heterocycles. The van der Waals surface area contributed by atoms with Gasteiger partial charge in [0.2, 0.25) is 0 Å². The number of rotatable bonds is 4. The molecule has 20 heavy (non-hydrogen) atoms.